The Bertz CT molecular complexity index is 355. The van der Waals surface area contributed by atoms with Gasteiger partial charge in [0, 0.05) is 24.4 Å². The first kappa shape index (κ1) is 10.1. The summed E-state index contributed by atoms with van der Waals surface area (Å²) in [5, 5.41) is 11.9. The number of amides is 1. The number of rotatable bonds is 2. The Hall–Kier alpha value is -1.97. The Morgan fingerprint density at radius 3 is 2.43 bits per heavy atom. The second-order valence-electron chi connectivity index (χ2n) is 2.81. The zero-order chi connectivity index (χ0) is 10.6. The maximum absolute atomic E-state index is 10.7. The van der Waals surface area contributed by atoms with Crippen LogP contribution in [0.2, 0.25) is 0 Å². The topological polar surface area (TPSA) is 75.3 Å². The summed E-state index contributed by atoms with van der Waals surface area (Å²) in [6.07, 6.45) is 1.12. The lowest BCUT2D eigenvalue weighted by atomic mass is 10.2. The van der Waals surface area contributed by atoms with Gasteiger partial charge in [-0.1, -0.05) is 0 Å². The van der Waals surface area contributed by atoms with Crippen LogP contribution < -0.4 is 11.1 Å². The average molecular weight is 192 g/mol. The number of nitrogens with one attached hydrogen (secondary N) is 1. The van der Waals surface area contributed by atoms with Crippen molar-refractivity contribution in [2.75, 3.05) is 5.32 Å². The number of aliphatic hydroxyl groups excluding tert-OH is 1. The number of anilines is 1. The number of carbonyl (C=O) groups excluding carboxylic acids is 1. The van der Waals surface area contributed by atoms with E-state index in [-0.39, 0.29) is 11.7 Å². The number of benzene rings is 1. The lowest BCUT2D eigenvalue weighted by Crippen LogP contribution is -2.05. The van der Waals surface area contributed by atoms with Crippen LogP contribution in [0, 0.1) is 0 Å². The van der Waals surface area contributed by atoms with Gasteiger partial charge in [-0.15, -0.1) is 0 Å². The van der Waals surface area contributed by atoms with Crippen LogP contribution in [-0.4, -0.2) is 11.0 Å². The molecular formula is C10H12N2O2. The third kappa shape index (κ3) is 2.52. The van der Waals surface area contributed by atoms with Gasteiger partial charge in [-0.2, -0.15) is 0 Å². The SMILES string of the molecule is CC(=O)Nc1ccc(C(O)=CN)cc1. The molecular weight excluding hydrogens is 180 g/mol. The Balaban J connectivity index is 2.83. The largest absolute Gasteiger partial charge is 0.506 e. The maximum atomic E-state index is 10.7. The normalized spacial score (nSPS) is 11.1. The minimum atomic E-state index is -0.128. The molecule has 4 nitrogen and oxygen atoms in total. The summed E-state index contributed by atoms with van der Waals surface area (Å²) in [6, 6.07) is 6.72. The molecule has 0 aliphatic rings. The second-order valence-corrected chi connectivity index (χ2v) is 2.81. The molecule has 1 amide bonds. The number of hydrogen-bond donors (Lipinski definition) is 3. The first-order valence-electron chi connectivity index (χ1n) is 4.12. The van der Waals surface area contributed by atoms with E-state index in [2.05, 4.69) is 5.32 Å². The predicted molar refractivity (Wildman–Crippen MR) is 55.5 cm³/mol. The van der Waals surface area contributed by atoms with Crippen molar-refractivity contribution in [1.29, 1.82) is 0 Å². The van der Waals surface area contributed by atoms with Crippen LogP contribution in [0.25, 0.3) is 5.76 Å². The Kier molecular flexibility index (Phi) is 3.12. The van der Waals surface area contributed by atoms with E-state index in [9.17, 15) is 9.90 Å². The van der Waals surface area contributed by atoms with Gasteiger partial charge in [-0.3, -0.25) is 4.79 Å². The molecule has 4 N–H and O–H groups in total. The molecule has 0 aliphatic heterocycles. The van der Waals surface area contributed by atoms with E-state index in [1.54, 1.807) is 24.3 Å². The van der Waals surface area contributed by atoms with Crippen LogP contribution in [0.1, 0.15) is 12.5 Å². The highest BCUT2D eigenvalue weighted by Crippen LogP contribution is 2.14. The summed E-state index contributed by atoms with van der Waals surface area (Å²) in [6.45, 7) is 1.44. The van der Waals surface area contributed by atoms with Gasteiger partial charge in [0.25, 0.3) is 0 Å². The van der Waals surface area contributed by atoms with E-state index in [1.807, 2.05) is 0 Å². The first-order valence-corrected chi connectivity index (χ1v) is 4.12. The van der Waals surface area contributed by atoms with E-state index < -0.39 is 0 Å². The molecule has 0 unspecified atom stereocenters. The number of hydrogen-bond acceptors (Lipinski definition) is 3. The number of nitrogens with two attached hydrogens (primary N) is 1. The van der Waals surface area contributed by atoms with Gasteiger partial charge in [-0.25, -0.2) is 0 Å². The molecule has 0 saturated carbocycles. The van der Waals surface area contributed by atoms with Gasteiger partial charge in [0.05, 0.1) is 0 Å². The molecule has 74 valence electrons. The summed E-state index contributed by atoms with van der Waals surface area (Å²) in [5.41, 5.74) is 6.44. The summed E-state index contributed by atoms with van der Waals surface area (Å²) < 4.78 is 0. The van der Waals surface area contributed by atoms with Crippen molar-refractivity contribution in [3.05, 3.63) is 36.0 Å². The van der Waals surface area contributed by atoms with Crippen LogP contribution in [0.3, 0.4) is 0 Å². The first-order chi connectivity index (χ1) is 6.63. The molecule has 0 aliphatic carbocycles. The summed E-state index contributed by atoms with van der Waals surface area (Å²) >= 11 is 0. The lowest BCUT2D eigenvalue weighted by Gasteiger charge is -2.03. The lowest BCUT2D eigenvalue weighted by molar-refractivity contribution is -0.114. The highest BCUT2D eigenvalue weighted by molar-refractivity contribution is 5.88. The van der Waals surface area contributed by atoms with E-state index >= 15 is 0 Å². The molecule has 4 heteroatoms. The quantitative estimate of drug-likeness (QED) is 0.621. The molecule has 1 rings (SSSR count). The van der Waals surface area contributed by atoms with Crippen LogP contribution in [0.5, 0.6) is 0 Å². The molecule has 1 aromatic carbocycles. The molecule has 0 spiro atoms. The highest BCUT2D eigenvalue weighted by Gasteiger charge is 1.98. The average Bonchev–Trinajstić information content (AvgIpc) is 2.17. The molecule has 0 heterocycles. The second kappa shape index (κ2) is 4.32. The fourth-order valence-electron chi connectivity index (χ4n) is 1.02. The smallest absolute Gasteiger partial charge is 0.221 e. The minimum absolute atomic E-state index is 0.0133. The van der Waals surface area contributed by atoms with Crippen molar-refractivity contribution in [2.45, 2.75) is 6.92 Å². The van der Waals surface area contributed by atoms with E-state index in [0.29, 0.717) is 11.3 Å². The van der Waals surface area contributed by atoms with E-state index in [1.165, 1.54) is 6.92 Å². The number of aliphatic hydroxyl groups is 1. The predicted octanol–water partition coefficient (Wildman–Crippen LogP) is 1.46. The molecule has 0 radical (unpaired) electrons. The van der Waals surface area contributed by atoms with Crippen molar-refractivity contribution in [3.63, 3.8) is 0 Å². The number of carbonyl (C=O) groups is 1. The van der Waals surface area contributed by atoms with Crippen molar-refractivity contribution in [3.8, 4) is 0 Å². The minimum Gasteiger partial charge on any atom is -0.506 e. The van der Waals surface area contributed by atoms with Gasteiger partial charge in [0.1, 0.15) is 5.76 Å². The molecule has 0 fully saturated rings. The van der Waals surface area contributed by atoms with Crippen LogP contribution in [0.15, 0.2) is 30.5 Å². The van der Waals surface area contributed by atoms with Gasteiger partial charge < -0.3 is 16.2 Å². The van der Waals surface area contributed by atoms with Gasteiger partial charge >= 0.3 is 0 Å². The van der Waals surface area contributed by atoms with Crippen molar-refractivity contribution < 1.29 is 9.90 Å². The highest BCUT2D eigenvalue weighted by atomic mass is 16.3. The molecule has 0 bridgehead atoms. The van der Waals surface area contributed by atoms with E-state index in [4.69, 9.17) is 5.73 Å². The van der Waals surface area contributed by atoms with Crippen LogP contribution in [-0.2, 0) is 4.79 Å². The van der Waals surface area contributed by atoms with Crippen molar-refractivity contribution >= 4 is 17.4 Å². The standard InChI is InChI=1S/C10H12N2O2/c1-7(13)12-9-4-2-8(3-5-9)10(14)6-11/h2-6,14H,11H2,1H3,(H,12,13). The third-order valence-electron chi connectivity index (χ3n) is 1.66. The van der Waals surface area contributed by atoms with Gasteiger partial charge in [0.2, 0.25) is 5.91 Å². The maximum Gasteiger partial charge on any atom is 0.221 e. The monoisotopic (exact) mass is 192 g/mol. The fourth-order valence-corrected chi connectivity index (χ4v) is 1.02. The third-order valence-corrected chi connectivity index (χ3v) is 1.66. The Morgan fingerprint density at radius 2 is 2.00 bits per heavy atom. The van der Waals surface area contributed by atoms with E-state index in [0.717, 1.165) is 6.20 Å². The Labute approximate surface area is 82.0 Å². The molecule has 0 saturated heterocycles. The summed E-state index contributed by atoms with van der Waals surface area (Å²) in [4.78, 5) is 10.7. The van der Waals surface area contributed by atoms with Crippen LogP contribution >= 0.6 is 0 Å². The van der Waals surface area contributed by atoms with Gasteiger partial charge in [0.15, 0.2) is 0 Å². The zero-order valence-corrected chi connectivity index (χ0v) is 7.82. The molecule has 0 aromatic heterocycles. The molecule has 14 heavy (non-hydrogen) atoms. The van der Waals surface area contributed by atoms with Crippen molar-refractivity contribution in [2.24, 2.45) is 5.73 Å². The summed E-state index contributed by atoms with van der Waals surface area (Å²) in [5.74, 6) is -0.115. The summed E-state index contributed by atoms with van der Waals surface area (Å²) in [7, 11) is 0. The molecule has 1 aromatic rings. The molecule has 0 atom stereocenters. The zero-order valence-electron chi connectivity index (χ0n) is 7.82. The van der Waals surface area contributed by atoms with Crippen molar-refractivity contribution in [1.82, 2.24) is 0 Å². The van der Waals surface area contributed by atoms with Crippen LogP contribution in [0.4, 0.5) is 5.69 Å². The fraction of sp³-hybridized carbons (Fsp3) is 0.100. The Morgan fingerprint density at radius 1 is 1.43 bits per heavy atom. The van der Waals surface area contributed by atoms with Gasteiger partial charge in [-0.05, 0) is 24.3 Å².